The maximum Gasteiger partial charge on any atom is 0.243 e. The molecule has 0 amide bonds. The van der Waals surface area contributed by atoms with Crippen LogP contribution in [0.15, 0.2) is 23.1 Å². The van der Waals surface area contributed by atoms with E-state index in [1.54, 1.807) is 26.0 Å². The largest absolute Gasteiger partial charge is 0.329 e. The number of sulfone groups is 1. The van der Waals surface area contributed by atoms with Crippen molar-refractivity contribution < 1.29 is 16.8 Å². The van der Waals surface area contributed by atoms with Gasteiger partial charge in [-0.3, -0.25) is 0 Å². The Balaban J connectivity index is 2.54. The van der Waals surface area contributed by atoms with Crippen molar-refractivity contribution in [3.63, 3.8) is 0 Å². The molecule has 8 heteroatoms. The molecular weight excluding hydrogens is 336 g/mol. The van der Waals surface area contributed by atoms with E-state index in [0.717, 1.165) is 5.56 Å². The number of rotatable bonds is 5. The molecule has 0 aromatic heterocycles. The molecule has 1 heterocycles. The zero-order valence-electron chi connectivity index (χ0n) is 13.7. The van der Waals surface area contributed by atoms with E-state index in [0.29, 0.717) is 12.0 Å². The Hall–Kier alpha value is -0.960. The highest BCUT2D eigenvalue weighted by atomic mass is 32.2. The van der Waals surface area contributed by atoms with Gasteiger partial charge in [0.25, 0.3) is 0 Å². The number of hydrogen-bond donors (Lipinski definition) is 1. The molecule has 2 rings (SSSR count). The summed E-state index contributed by atoms with van der Waals surface area (Å²) in [6.07, 6.45) is 0.291. The Morgan fingerprint density at radius 2 is 1.96 bits per heavy atom. The second-order valence-electron chi connectivity index (χ2n) is 6.47. The molecule has 1 aliphatic rings. The second-order valence-corrected chi connectivity index (χ2v) is 10.5. The van der Waals surface area contributed by atoms with Crippen LogP contribution in [0, 0.1) is 13.8 Å². The van der Waals surface area contributed by atoms with Gasteiger partial charge in [-0.1, -0.05) is 12.1 Å². The molecule has 0 aliphatic carbocycles. The molecule has 0 radical (unpaired) electrons. The minimum Gasteiger partial charge on any atom is -0.329 e. The van der Waals surface area contributed by atoms with Crippen molar-refractivity contribution in [2.24, 2.45) is 5.73 Å². The lowest BCUT2D eigenvalue weighted by atomic mass is 10.0. The van der Waals surface area contributed by atoms with Crippen LogP contribution in [0.2, 0.25) is 0 Å². The SMILES string of the molecule is Cc1ccc(C)c(S(=O)(=O)N(CCN)[C@@]2(C)CCS(=O)(=O)C2)c1. The topological polar surface area (TPSA) is 97.5 Å². The maximum absolute atomic E-state index is 13.2. The summed E-state index contributed by atoms with van der Waals surface area (Å²) < 4.78 is 51.4. The molecule has 130 valence electrons. The average Bonchev–Trinajstić information content (AvgIpc) is 2.73. The van der Waals surface area contributed by atoms with E-state index in [1.807, 2.05) is 13.0 Å². The number of sulfonamides is 1. The Kier molecular flexibility index (Phi) is 4.92. The second kappa shape index (κ2) is 6.16. The van der Waals surface area contributed by atoms with Crippen LogP contribution in [0.5, 0.6) is 0 Å². The molecule has 0 spiro atoms. The summed E-state index contributed by atoms with van der Waals surface area (Å²) in [5, 5.41) is 0. The van der Waals surface area contributed by atoms with E-state index in [-0.39, 0.29) is 29.5 Å². The van der Waals surface area contributed by atoms with Gasteiger partial charge in [-0.2, -0.15) is 4.31 Å². The molecule has 0 saturated carbocycles. The summed E-state index contributed by atoms with van der Waals surface area (Å²) in [7, 11) is -7.04. The first-order valence-corrected chi connectivity index (χ1v) is 10.8. The number of hydrogen-bond acceptors (Lipinski definition) is 5. The predicted molar refractivity (Wildman–Crippen MR) is 90.5 cm³/mol. The van der Waals surface area contributed by atoms with E-state index < -0.39 is 25.4 Å². The molecule has 6 nitrogen and oxygen atoms in total. The summed E-state index contributed by atoms with van der Waals surface area (Å²) >= 11 is 0. The van der Waals surface area contributed by atoms with Gasteiger partial charge < -0.3 is 5.73 Å². The van der Waals surface area contributed by atoms with Gasteiger partial charge in [0.2, 0.25) is 10.0 Å². The fourth-order valence-electron chi connectivity index (χ4n) is 3.09. The molecule has 1 atom stereocenters. The standard InChI is InChI=1S/C15H24N2O4S2/c1-12-4-5-13(2)14(10-12)23(20,21)17(8-7-16)15(3)6-9-22(18,19)11-15/h4-5,10H,6-9,11,16H2,1-3H3/t15-/m0/s1. The normalized spacial score (nSPS) is 24.2. The lowest BCUT2D eigenvalue weighted by Crippen LogP contribution is -2.52. The predicted octanol–water partition coefficient (Wildman–Crippen LogP) is 0.830. The van der Waals surface area contributed by atoms with Crippen molar-refractivity contribution in [2.45, 2.75) is 37.6 Å². The van der Waals surface area contributed by atoms with E-state index in [2.05, 4.69) is 0 Å². The monoisotopic (exact) mass is 360 g/mol. The van der Waals surface area contributed by atoms with Gasteiger partial charge in [-0.25, -0.2) is 16.8 Å². The zero-order chi connectivity index (χ0) is 17.5. The molecular formula is C15H24N2O4S2. The van der Waals surface area contributed by atoms with E-state index in [9.17, 15) is 16.8 Å². The Labute approximate surface area is 138 Å². The van der Waals surface area contributed by atoms with Crippen LogP contribution in [0.3, 0.4) is 0 Å². The summed E-state index contributed by atoms with van der Waals surface area (Å²) in [5.41, 5.74) is 6.14. The summed E-state index contributed by atoms with van der Waals surface area (Å²) in [6, 6.07) is 5.24. The fraction of sp³-hybridized carbons (Fsp3) is 0.600. The number of aryl methyl sites for hydroxylation is 2. The van der Waals surface area contributed by atoms with Crippen molar-refractivity contribution in [2.75, 3.05) is 24.6 Å². The quantitative estimate of drug-likeness (QED) is 0.839. The molecule has 1 fully saturated rings. The third kappa shape index (κ3) is 3.60. The molecule has 1 aromatic carbocycles. The highest BCUT2D eigenvalue weighted by molar-refractivity contribution is 7.92. The molecule has 2 N–H and O–H groups in total. The van der Waals surface area contributed by atoms with Crippen LogP contribution in [-0.4, -0.2) is 51.3 Å². The Bertz CT molecular complexity index is 803. The van der Waals surface area contributed by atoms with Gasteiger partial charge >= 0.3 is 0 Å². The van der Waals surface area contributed by atoms with Crippen LogP contribution >= 0.6 is 0 Å². The van der Waals surface area contributed by atoms with Crippen LogP contribution in [0.1, 0.15) is 24.5 Å². The van der Waals surface area contributed by atoms with Gasteiger partial charge in [-0.05, 0) is 44.4 Å². The van der Waals surface area contributed by atoms with Gasteiger partial charge in [0.1, 0.15) is 0 Å². The molecule has 0 unspecified atom stereocenters. The number of nitrogens with zero attached hydrogens (tertiary/aromatic N) is 1. The number of benzene rings is 1. The highest BCUT2D eigenvalue weighted by Gasteiger charge is 2.47. The van der Waals surface area contributed by atoms with Crippen LogP contribution < -0.4 is 5.73 Å². The van der Waals surface area contributed by atoms with Crippen molar-refractivity contribution in [1.29, 1.82) is 0 Å². The minimum absolute atomic E-state index is 0.00684. The first kappa shape index (κ1) is 18.4. The number of nitrogens with two attached hydrogens (primary N) is 1. The smallest absolute Gasteiger partial charge is 0.243 e. The molecule has 23 heavy (non-hydrogen) atoms. The Morgan fingerprint density at radius 1 is 1.30 bits per heavy atom. The molecule has 1 aliphatic heterocycles. The van der Waals surface area contributed by atoms with Crippen molar-refractivity contribution in [3.05, 3.63) is 29.3 Å². The Morgan fingerprint density at radius 3 is 2.48 bits per heavy atom. The van der Waals surface area contributed by atoms with Gasteiger partial charge in [0.15, 0.2) is 9.84 Å². The maximum atomic E-state index is 13.2. The molecule has 1 saturated heterocycles. The summed E-state index contributed by atoms with van der Waals surface area (Å²) in [5.74, 6) is -0.156. The van der Waals surface area contributed by atoms with Gasteiger partial charge in [0, 0.05) is 18.6 Å². The van der Waals surface area contributed by atoms with Crippen molar-refractivity contribution in [3.8, 4) is 0 Å². The van der Waals surface area contributed by atoms with E-state index in [1.165, 1.54) is 4.31 Å². The summed E-state index contributed by atoms with van der Waals surface area (Å²) in [4.78, 5) is 0.219. The summed E-state index contributed by atoms with van der Waals surface area (Å²) in [6.45, 7) is 5.49. The molecule has 0 bridgehead atoms. The van der Waals surface area contributed by atoms with Crippen LogP contribution in [0.25, 0.3) is 0 Å². The van der Waals surface area contributed by atoms with E-state index in [4.69, 9.17) is 5.73 Å². The van der Waals surface area contributed by atoms with Gasteiger partial charge in [0.05, 0.1) is 16.4 Å². The lowest BCUT2D eigenvalue weighted by Gasteiger charge is -2.36. The third-order valence-electron chi connectivity index (χ3n) is 4.33. The third-order valence-corrected chi connectivity index (χ3v) is 8.42. The van der Waals surface area contributed by atoms with Crippen LogP contribution in [0.4, 0.5) is 0 Å². The molecule has 1 aromatic rings. The lowest BCUT2D eigenvalue weighted by molar-refractivity contribution is 0.238. The van der Waals surface area contributed by atoms with Gasteiger partial charge in [-0.15, -0.1) is 0 Å². The van der Waals surface area contributed by atoms with Crippen molar-refractivity contribution in [1.82, 2.24) is 4.31 Å². The van der Waals surface area contributed by atoms with Crippen LogP contribution in [-0.2, 0) is 19.9 Å². The zero-order valence-corrected chi connectivity index (χ0v) is 15.4. The van der Waals surface area contributed by atoms with Crippen molar-refractivity contribution >= 4 is 19.9 Å². The minimum atomic E-state index is -3.82. The first-order valence-electron chi connectivity index (χ1n) is 7.52. The van der Waals surface area contributed by atoms with E-state index >= 15 is 0 Å². The highest BCUT2D eigenvalue weighted by Crippen LogP contribution is 2.34. The first-order chi connectivity index (χ1) is 10.5. The average molecular weight is 361 g/mol. The fourth-order valence-corrected chi connectivity index (χ4v) is 7.45.